The molecule has 4 heteroatoms. The summed E-state index contributed by atoms with van der Waals surface area (Å²) in [6.07, 6.45) is 5.53. The van der Waals surface area contributed by atoms with Crippen molar-refractivity contribution in [2.24, 2.45) is 0 Å². The molecular weight excluding hydrogens is 281 g/mol. The van der Waals surface area contributed by atoms with Crippen LogP contribution < -0.4 is 0 Å². The van der Waals surface area contributed by atoms with Crippen molar-refractivity contribution in [2.45, 2.75) is 50.4 Å². The molecule has 0 saturated carbocycles. The molecule has 0 aliphatic heterocycles. The predicted octanol–water partition coefficient (Wildman–Crippen LogP) is 2.55. The van der Waals surface area contributed by atoms with Crippen molar-refractivity contribution in [3.05, 3.63) is 23.8 Å². The molecule has 0 radical (unpaired) electrons. The van der Waals surface area contributed by atoms with E-state index in [2.05, 4.69) is 0 Å². The maximum atomic E-state index is 12.4. The summed E-state index contributed by atoms with van der Waals surface area (Å²) in [5.74, 6) is 1.76. The molecule has 1 aliphatic rings. The van der Waals surface area contributed by atoms with Crippen LogP contribution in [0, 0.1) is 0 Å². The first kappa shape index (κ1) is 14.3. The van der Waals surface area contributed by atoms with Crippen LogP contribution in [0.15, 0.2) is 23.8 Å². The molecule has 0 aromatic carbocycles. The van der Waals surface area contributed by atoms with Crippen LogP contribution in [0.4, 0.5) is 0 Å². The van der Waals surface area contributed by atoms with E-state index in [1.54, 1.807) is 5.82 Å². The van der Waals surface area contributed by atoms with E-state index in [-0.39, 0.29) is 22.8 Å². The first-order chi connectivity index (χ1) is 7.86. The molecule has 0 fully saturated rings. The van der Waals surface area contributed by atoms with Gasteiger partial charge in [-0.25, -0.2) is 0 Å². The van der Waals surface area contributed by atoms with E-state index >= 15 is 0 Å². The number of carbonyl (C=O) groups is 1. The Kier molecular flexibility index (Phi) is 4.84. The summed E-state index contributed by atoms with van der Waals surface area (Å²) in [7, 11) is 0. The third-order valence-electron chi connectivity index (χ3n) is 2.82. The van der Waals surface area contributed by atoms with E-state index < -0.39 is 13.8 Å². The molecule has 0 saturated heterocycles. The van der Waals surface area contributed by atoms with Gasteiger partial charge in [0.2, 0.25) is 0 Å². The zero-order valence-corrected chi connectivity index (χ0v) is 12.8. The molecule has 3 nitrogen and oxygen atoms in total. The van der Waals surface area contributed by atoms with Crippen LogP contribution >= 0.6 is 0 Å². The first-order valence-electron chi connectivity index (χ1n) is 5.89. The summed E-state index contributed by atoms with van der Waals surface area (Å²) in [5.41, 5.74) is 0.690. The van der Waals surface area contributed by atoms with Crippen molar-refractivity contribution in [3.63, 3.8) is 0 Å². The number of hydrogen-bond acceptors (Lipinski definition) is 2. The van der Waals surface area contributed by atoms with Crippen LogP contribution in [0.1, 0.15) is 27.7 Å². The number of nitrogens with zero attached hydrogens (tertiary/aromatic N) is 1. The normalized spacial score (nSPS) is 20.9. The number of carbonyl (C=O) groups excluding carboxylic acids is 1. The van der Waals surface area contributed by atoms with E-state index in [0.717, 1.165) is 0 Å². The van der Waals surface area contributed by atoms with E-state index in [0.29, 0.717) is 5.57 Å². The fourth-order valence-electron chi connectivity index (χ4n) is 2.16. The molecule has 1 rings (SSSR count). The number of allylic oxidation sites excluding steroid dienone is 3. The van der Waals surface area contributed by atoms with Gasteiger partial charge in [0, 0.05) is 0 Å². The second-order valence-electron chi connectivity index (χ2n) is 4.83. The van der Waals surface area contributed by atoms with Crippen LogP contribution in [0.2, 0.25) is 10.6 Å². The molecular formula is C13H21NO2Se. The van der Waals surface area contributed by atoms with Crippen molar-refractivity contribution >= 4 is 19.7 Å². The molecule has 1 amide bonds. The van der Waals surface area contributed by atoms with Crippen molar-refractivity contribution < 1.29 is 8.63 Å². The molecule has 0 aromatic heterocycles. The fourth-order valence-corrected chi connectivity index (χ4v) is 3.94. The maximum absolute atomic E-state index is 12.4. The molecule has 2 unspecified atom stereocenters. The van der Waals surface area contributed by atoms with Crippen LogP contribution in [0.5, 0.6) is 0 Å². The average molecular weight is 302 g/mol. The summed E-state index contributed by atoms with van der Waals surface area (Å²) in [5, 5.41) is 0. The summed E-state index contributed by atoms with van der Waals surface area (Å²) < 4.78 is 11.7. The van der Waals surface area contributed by atoms with Gasteiger partial charge < -0.3 is 0 Å². The minimum absolute atomic E-state index is 0.0245. The van der Waals surface area contributed by atoms with Gasteiger partial charge in [-0.2, -0.15) is 0 Å². The Morgan fingerprint density at radius 2 is 1.82 bits per heavy atom. The zero-order valence-electron chi connectivity index (χ0n) is 11.1. The summed E-state index contributed by atoms with van der Waals surface area (Å²) in [4.78, 5) is 14.1. The SMILES string of the molecule is CC(C)N(C(=O)C1=CC=CC1[Se](C)=O)C(C)C. The van der Waals surface area contributed by atoms with Crippen LogP contribution in [0.3, 0.4) is 0 Å². The van der Waals surface area contributed by atoms with Crippen molar-refractivity contribution in [3.8, 4) is 0 Å². The minimum atomic E-state index is -1.96. The number of rotatable bonds is 4. The third-order valence-corrected chi connectivity index (χ3v) is 5.18. The standard InChI is InChI=1S/C13H21NO2Se/c1-9(2)14(10(3)4)13(15)11-7-6-8-12(11)17(5)16/h6-10,12H,1-5H3. The third kappa shape index (κ3) is 3.14. The van der Waals surface area contributed by atoms with E-state index in [4.69, 9.17) is 0 Å². The summed E-state index contributed by atoms with van der Waals surface area (Å²) in [6, 6.07) is 0.318. The summed E-state index contributed by atoms with van der Waals surface area (Å²) >= 11 is -1.96. The fraction of sp³-hybridized carbons (Fsp3) is 0.615. The predicted molar refractivity (Wildman–Crippen MR) is 70.4 cm³/mol. The molecule has 1 aliphatic carbocycles. The Hall–Kier alpha value is -0.731. The second kappa shape index (κ2) is 5.74. The van der Waals surface area contributed by atoms with Crippen LogP contribution in [-0.2, 0) is 8.63 Å². The second-order valence-corrected chi connectivity index (χ2v) is 7.98. The molecule has 0 spiro atoms. The van der Waals surface area contributed by atoms with Gasteiger partial charge in [-0.1, -0.05) is 0 Å². The van der Waals surface area contributed by atoms with Gasteiger partial charge in [0.1, 0.15) is 0 Å². The van der Waals surface area contributed by atoms with E-state index in [1.807, 2.05) is 50.8 Å². The van der Waals surface area contributed by atoms with E-state index in [1.165, 1.54) is 0 Å². The number of hydrogen-bond donors (Lipinski definition) is 0. The van der Waals surface area contributed by atoms with Crippen LogP contribution in [0.25, 0.3) is 0 Å². The van der Waals surface area contributed by atoms with E-state index in [9.17, 15) is 8.63 Å². The van der Waals surface area contributed by atoms with Gasteiger partial charge >= 0.3 is 107 Å². The van der Waals surface area contributed by atoms with Crippen LogP contribution in [-0.4, -0.2) is 36.7 Å². The molecule has 0 heterocycles. The monoisotopic (exact) mass is 303 g/mol. The Bertz CT molecular complexity index is 375. The Morgan fingerprint density at radius 1 is 1.29 bits per heavy atom. The Labute approximate surface area is 108 Å². The quantitative estimate of drug-likeness (QED) is 0.748. The molecule has 0 bridgehead atoms. The molecule has 17 heavy (non-hydrogen) atoms. The molecule has 0 N–H and O–H groups in total. The van der Waals surface area contributed by atoms with Gasteiger partial charge in [-0.15, -0.1) is 0 Å². The summed E-state index contributed by atoms with van der Waals surface area (Å²) in [6.45, 7) is 8.03. The van der Waals surface area contributed by atoms with Gasteiger partial charge in [-0.3, -0.25) is 0 Å². The van der Waals surface area contributed by atoms with Gasteiger partial charge in [0.25, 0.3) is 0 Å². The van der Waals surface area contributed by atoms with Crippen molar-refractivity contribution in [1.29, 1.82) is 0 Å². The van der Waals surface area contributed by atoms with Gasteiger partial charge in [-0.05, 0) is 0 Å². The molecule has 96 valence electrons. The molecule has 0 aromatic rings. The Morgan fingerprint density at radius 3 is 2.24 bits per heavy atom. The van der Waals surface area contributed by atoms with Crippen molar-refractivity contribution in [1.82, 2.24) is 4.90 Å². The van der Waals surface area contributed by atoms with Gasteiger partial charge in [0.15, 0.2) is 0 Å². The average Bonchev–Trinajstić information content (AvgIpc) is 2.63. The topological polar surface area (TPSA) is 37.4 Å². The Balaban J connectivity index is 2.93. The first-order valence-corrected chi connectivity index (χ1v) is 9.29. The van der Waals surface area contributed by atoms with Gasteiger partial charge in [0.05, 0.1) is 0 Å². The zero-order chi connectivity index (χ0) is 13.2. The van der Waals surface area contributed by atoms with Crippen molar-refractivity contribution in [2.75, 3.05) is 0 Å². The molecule has 2 atom stereocenters. The number of amides is 1.